The van der Waals surface area contributed by atoms with Gasteiger partial charge in [-0.1, -0.05) is 17.3 Å². The molecule has 4 rings (SSSR count). The number of aromatic nitrogens is 2. The third kappa shape index (κ3) is 3.75. The second-order valence-electron chi connectivity index (χ2n) is 6.09. The molecule has 2 heterocycles. The van der Waals surface area contributed by atoms with Crippen molar-refractivity contribution in [1.29, 1.82) is 0 Å². The predicted molar refractivity (Wildman–Crippen MR) is 93.0 cm³/mol. The van der Waals surface area contributed by atoms with E-state index >= 15 is 0 Å². The van der Waals surface area contributed by atoms with Crippen LogP contribution in [-0.4, -0.2) is 26.0 Å². The van der Waals surface area contributed by atoms with E-state index in [0.717, 1.165) is 6.54 Å². The molecule has 1 aromatic carbocycles. The Morgan fingerprint density at radius 3 is 2.92 bits per heavy atom. The van der Waals surface area contributed by atoms with Gasteiger partial charge >= 0.3 is 0 Å². The van der Waals surface area contributed by atoms with Crippen molar-refractivity contribution in [3.63, 3.8) is 0 Å². The standard InChI is InChI=1S/C17H16N4O3S/c22-21(23)15-3-1-2-13(8-15)17-18-16(24-19-17)10-20(14-4-5-14)9-12-6-7-25-11-12/h1-3,6-8,11,14H,4-5,9-10H2. The highest BCUT2D eigenvalue weighted by Crippen LogP contribution is 2.30. The zero-order chi connectivity index (χ0) is 17.2. The largest absolute Gasteiger partial charge is 0.338 e. The first-order chi connectivity index (χ1) is 12.2. The summed E-state index contributed by atoms with van der Waals surface area (Å²) in [5.74, 6) is 0.911. The first kappa shape index (κ1) is 15.9. The Morgan fingerprint density at radius 2 is 2.20 bits per heavy atom. The lowest BCUT2D eigenvalue weighted by atomic mass is 10.2. The van der Waals surface area contributed by atoms with Crippen molar-refractivity contribution in [3.05, 3.63) is 62.7 Å². The molecule has 7 nitrogen and oxygen atoms in total. The summed E-state index contributed by atoms with van der Waals surface area (Å²) in [6, 6.07) is 8.96. The minimum absolute atomic E-state index is 0.0147. The summed E-state index contributed by atoms with van der Waals surface area (Å²) >= 11 is 1.69. The van der Waals surface area contributed by atoms with E-state index in [9.17, 15) is 10.1 Å². The molecule has 25 heavy (non-hydrogen) atoms. The van der Waals surface area contributed by atoms with Gasteiger partial charge in [0.1, 0.15) is 0 Å². The molecule has 0 aliphatic heterocycles. The van der Waals surface area contributed by atoms with Crippen LogP contribution in [-0.2, 0) is 13.1 Å². The normalized spacial score (nSPS) is 14.1. The van der Waals surface area contributed by atoms with Crippen molar-refractivity contribution >= 4 is 17.0 Å². The molecule has 0 radical (unpaired) electrons. The van der Waals surface area contributed by atoms with Gasteiger partial charge < -0.3 is 4.52 Å². The third-order valence-corrected chi connectivity index (χ3v) is 4.88. The number of rotatable bonds is 7. The van der Waals surface area contributed by atoms with Gasteiger partial charge in [-0.3, -0.25) is 15.0 Å². The fourth-order valence-corrected chi connectivity index (χ4v) is 3.40. The summed E-state index contributed by atoms with van der Waals surface area (Å²) in [6.07, 6.45) is 2.38. The molecule has 0 spiro atoms. The Balaban J connectivity index is 1.50. The maximum Gasteiger partial charge on any atom is 0.270 e. The van der Waals surface area contributed by atoms with Gasteiger partial charge in [0.2, 0.25) is 11.7 Å². The van der Waals surface area contributed by atoms with Crippen LogP contribution in [0.3, 0.4) is 0 Å². The van der Waals surface area contributed by atoms with Gasteiger partial charge in [-0.25, -0.2) is 0 Å². The molecule has 8 heteroatoms. The van der Waals surface area contributed by atoms with Crippen LogP contribution >= 0.6 is 11.3 Å². The molecular weight excluding hydrogens is 340 g/mol. The van der Waals surface area contributed by atoms with Crippen LogP contribution in [0.4, 0.5) is 5.69 Å². The van der Waals surface area contributed by atoms with Crippen molar-refractivity contribution in [2.75, 3.05) is 0 Å². The van der Waals surface area contributed by atoms with Gasteiger partial charge in [0.25, 0.3) is 5.69 Å². The zero-order valence-electron chi connectivity index (χ0n) is 13.4. The number of hydrogen-bond acceptors (Lipinski definition) is 7. The highest BCUT2D eigenvalue weighted by atomic mass is 32.1. The summed E-state index contributed by atoms with van der Waals surface area (Å²) < 4.78 is 5.38. The predicted octanol–water partition coefficient (Wildman–Crippen LogP) is 3.87. The van der Waals surface area contributed by atoms with Crippen LogP contribution in [0.2, 0.25) is 0 Å². The van der Waals surface area contributed by atoms with Gasteiger partial charge in [0.15, 0.2) is 0 Å². The van der Waals surface area contributed by atoms with E-state index in [-0.39, 0.29) is 5.69 Å². The van der Waals surface area contributed by atoms with Gasteiger partial charge in [-0.05, 0) is 35.2 Å². The number of thiophene rings is 1. The minimum Gasteiger partial charge on any atom is -0.338 e. The van der Waals surface area contributed by atoms with Crippen molar-refractivity contribution in [2.45, 2.75) is 32.0 Å². The maximum atomic E-state index is 10.9. The topological polar surface area (TPSA) is 85.3 Å². The molecule has 0 atom stereocenters. The molecule has 0 saturated heterocycles. The Kier molecular flexibility index (Phi) is 4.29. The summed E-state index contributed by atoms with van der Waals surface area (Å²) in [5, 5.41) is 19.1. The van der Waals surface area contributed by atoms with E-state index in [4.69, 9.17) is 4.52 Å². The van der Waals surface area contributed by atoms with Crippen molar-refractivity contribution in [1.82, 2.24) is 15.0 Å². The molecule has 0 bridgehead atoms. The van der Waals surface area contributed by atoms with E-state index in [1.165, 1.54) is 30.5 Å². The average molecular weight is 356 g/mol. The highest BCUT2D eigenvalue weighted by molar-refractivity contribution is 7.07. The Hall–Kier alpha value is -2.58. The van der Waals surface area contributed by atoms with Gasteiger partial charge in [0, 0.05) is 30.3 Å². The smallest absolute Gasteiger partial charge is 0.270 e. The number of nitro benzene ring substituents is 1. The molecule has 0 amide bonds. The molecule has 0 N–H and O–H groups in total. The lowest BCUT2D eigenvalue weighted by molar-refractivity contribution is -0.384. The minimum atomic E-state index is -0.430. The van der Waals surface area contributed by atoms with Crippen molar-refractivity contribution in [3.8, 4) is 11.4 Å². The molecule has 2 aromatic heterocycles. The molecule has 0 unspecified atom stereocenters. The first-order valence-electron chi connectivity index (χ1n) is 8.01. The summed E-state index contributed by atoms with van der Waals surface area (Å²) in [5.41, 5.74) is 1.89. The van der Waals surface area contributed by atoms with Crippen LogP contribution in [0.1, 0.15) is 24.3 Å². The van der Waals surface area contributed by atoms with E-state index in [1.807, 2.05) is 0 Å². The SMILES string of the molecule is O=[N+]([O-])c1cccc(-c2noc(CN(Cc3ccsc3)C3CC3)n2)c1. The lowest BCUT2D eigenvalue weighted by Gasteiger charge is -2.18. The molecule has 128 valence electrons. The summed E-state index contributed by atoms with van der Waals surface area (Å²) in [6.45, 7) is 1.45. The quantitative estimate of drug-likeness (QED) is 0.472. The Morgan fingerprint density at radius 1 is 1.32 bits per heavy atom. The number of nitro groups is 1. The number of hydrogen-bond donors (Lipinski definition) is 0. The second-order valence-corrected chi connectivity index (χ2v) is 6.87. The molecule has 1 fully saturated rings. The third-order valence-electron chi connectivity index (χ3n) is 4.15. The maximum absolute atomic E-state index is 10.9. The molecular formula is C17H16N4O3S. The molecule has 3 aromatic rings. The molecule has 1 saturated carbocycles. The van der Waals surface area contributed by atoms with E-state index in [1.54, 1.807) is 23.5 Å². The fraction of sp³-hybridized carbons (Fsp3) is 0.294. The second kappa shape index (κ2) is 6.73. The Labute approximate surface area is 148 Å². The number of nitrogens with zero attached hydrogens (tertiary/aromatic N) is 4. The number of non-ortho nitro benzene ring substituents is 1. The van der Waals surface area contributed by atoms with Crippen molar-refractivity contribution in [2.24, 2.45) is 0 Å². The van der Waals surface area contributed by atoms with Gasteiger partial charge in [0.05, 0.1) is 11.5 Å². The van der Waals surface area contributed by atoms with Crippen molar-refractivity contribution < 1.29 is 9.45 Å². The van der Waals surface area contributed by atoms with E-state index in [0.29, 0.717) is 29.9 Å². The Bertz CT molecular complexity index is 874. The van der Waals surface area contributed by atoms with Crippen LogP contribution < -0.4 is 0 Å². The van der Waals surface area contributed by atoms with Gasteiger partial charge in [-0.15, -0.1) is 0 Å². The van der Waals surface area contributed by atoms with Crippen LogP contribution in [0.5, 0.6) is 0 Å². The average Bonchev–Trinajstić information content (AvgIpc) is 3.14. The fourth-order valence-electron chi connectivity index (χ4n) is 2.74. The molecule has 1 aliphatic rings. The number of benzene rings is 1. The summed E-state index contributed by atoms with van der Waals surface area (Å²) in [4.78, 5) is 17.2. The first-order valence-corrected chi connectivity index (χ1v) is 8.96. The van der Waals surface area contributed by atoms with E-state index < -0.39 is 4.92 Å². The van der Waals surface area contributed by atoms with Gasteiger partial charge in [-0.2, -0.15) is 16.3 Å². The van der Waals surface area contributed by atoms with Crippen LogP contribution in [0, 0.1) is 10.1 Å². The van der Waals surface area contributed by atoms with Crippen LogP contribution in [0.15, 0.2) is 45.6 Å². The van der Waals surface area contributed by atoms with Crippen LogP contribution in [0.25, 0.3) is 11.4 Å². The monoisotopic (exact) mass is 356 g/mol. The zero-order valence-corrected chi connectivity index (χ0v) is 14.2. The highest BCUT2D eigenvalue weighted by Gasteiger charge is 2.30. The lowest BCUT2D eigenvalue weighted by Crippen LogP contribution is -2.25. The van der Waals surface area contributed by atoms with E-state index in [2.05, 4.69) is 31.9 Å². The molecule has 1 aliphatic carbocycles. The summed E-state index contributed by atoms with van der Waals surface area (Å²) in [7, 11) is 0.